The smallest absolute Gasteiger partial charge is 0.164 e. The zero-order valence-corrected chi connectivity index (χ0v) is 30.1. The molecule has 4 heteroatoms. The highest BCUT2D eigenvalue weighted by atomic mass is 16.3. The van der Waals surface area contributed by atoms with E-state index in [1.54, 1.807) is 0 Å². The summed E-state index contributed by atoms with van der Waals surface area (Å²) in [5, 5.41) is 2.17. The van der Waals surface area contributed by atoms with E-state index in [9.17, 15) is 0 Å². The van der Waals surface area contributed by atoms with E-state index in [-0.39, 0.29) is 0 Å². The van der Waals surface area contributed by atoms with Gasteiger partial charge in [-0.2, -0.15) is 0 Å². The summed E-state index contributed by atoms with van der Waals surface area (Å²) in [5.41, 5.74) is 14.0. The first-order chi connectivity index (χ1) is 27.2. The first-order valence-corrected chi connectivity index (χ1v) is 18.7. The van der Waals surface area contributed by atoms with Gasteiger partial charge in [-0.05, 0) is 93.3 Å². The van der Waals surface area contributed by atoms with Crippen LogP contribution in [0.5, 0.6) is 0 Å². The van der Waals surface area contributed by atoms with Crippen molar-refractivity contribution in [2.45, 2.75) is 12.8 Å². The van der Waals surface area contributed by atoms with Crippen molar-refractivity contribution in [2.24, 2.45) is 0 Å². The zero-order valence-electron chi connectivity index (χ0n) is 30.1. The van der Waals surface area contributed by atoms with Gasteiger partial charge in [-0.15, -0.1) is 0 Å². The molecular formula is C51H35N3O. The maximum Gasteiger partial charge on any atom is 0.164 e. The molecule has 0 amide bonds. The number of rotatable bonds is 7. The van der Waals surface area contributed by atoms with Gasteiger partial charge in [0, 0.05) is 21.9 Å². The van der Waals surface area contributed by atoms with Crippen LogP contribution in [0.15, 0.2) is 193 Å². The van der Waals surface area contributed by atoms with Crippen LogP contribution in [-0.2, 0) is 0 Å². The van der Waals surface area contributed by atoms with Crippen molar-refractivity contribution in [2.75, 3.05) is 0 Å². The maximum absolute atomic E-state index is 6.46. The lowest BCUT2D eigenvalue weighted by Crippen LogP contribution is -2.03. The summed E-state index contributed by atoms with van der Waals surface area (Å²) in [6.07, 6.45) is 8.26. The minimum Gasteiger partial charge on any atom is -0.456 e. The SMILES string of the molecule is C1=CCCC(c2nc(-c3ccccc3)nc(-c3cccc(-c4cccc5oc6ccc(-c7cccc(-c8ccc(-c9ccccc9)cc8)c7)cc6c45)c3)n2)=C1. The van der Waals surface area contributed by atoms with Crippen molar-refractivity contribution in [3.63, 3.8) is 0 Å². The van der Waals surface area contributed by atoms with Crippen LogP contribution in [-0.4, -0.2) is 15.0 Å². The number of fused-ring (bicyclic) bond motifs is 3. The number of allylic oxidation sites excluding steroid dienone is 4. The van der Waals surface area contributed by atoms with Gasteiger partial charge in [0.2, 0.25) is 0 Å². The number of hydrogen-bond acceptors (Lipinski definition) is 4. The lowest BCUT2D eigenvalue weighted by Gasteiger charge is -2.12. The molecule has 2 heterocycles. The van der Waals surface area contributed by atoms with E-state index in [0.717, 1.165) is 79.6 Å². The summed E-state index contributed by atoms with van der Waals surface area (Å²) in [5.74, 6) is 2.05. The fourth-order valence-electron chi connectivity index (χ4n) is 7.59. The molecule has 0 fully saturated rings. The van der Waals surface area contributed by atoms with E-state index in [4.69, 9.17) is 19.4 Å². The summed E-state index contributed by atoms with van der Waals surface area (Å²) < 4.78 is 6.46. The van der Waals surface area contributed by atoms with Crippen molar-refractivity contribution in [3.05, 3.63) is 194 Å². The second kappa shape index (κ2) is 14.0. The Kier molecular flexibility index (Phi) is 8.27. The first-order valence-electron chi connectivity index (χ1n) is 18.7. The maximum atomic E-state index is 6.46. The topological polar surface area (TPSA) is 51.8 Å². The third-order valence-electron chi connectivity index (χ3n) is 10.4. The molecule has 9 aromatic rings. The van der Waals surface area contributed by atoms with Crippen molar-refractivity contribution in [1.82, 2.24) is 15.0 Å². The van der Waals surface area contributed by atoms with Gasteiger partial charge >= 0.3 is 0 Å². The van der Waals surface area contributed by atoms with Gasteiger partial charge in [-0.3, -0.25) is 0 Å². The third-order valence-corrected chi connectivity index (χ3v) is 10.4. The van der Waals surface area contributed by atoms with Crippen molar-refractivity contribution in [1.29, 1.82) is 0 Å². The molecule has 0 unspecified atom stereocenters. The molecule has 1 aliphatic rings. The Morgan fingerprint density at radius 2 is 0.945 bits per heavy atom. The molecule has 4 nitrogen and oxygen atoms in total. The average molecular weight is 706 g/mol. The third kappa shape index (κ3) is 6.34. The molecule has 0 aliphatic heterocycles. The van der Waals surface area contributed by atoms with Crippen LogP contribution in [0.3, 0.4) is 0 Å². The van der Waals surface area contributed by atoms with Gasteiger partial charge in [0.05, 0.1) is 0 Å². The first kappa shape index (κ1) is 32.5. The van der Waals surface area contributed by atoms with Crippen LogP contribution in [0, 0.1) is 0 Å². The van der Waals surface area contributed by atoms with Crippen LogP contribution in [0.1, 0.15) is 18.7 Å². The molecule has 260 valence electrons. The number of benzene rings is 7. The highest BCUT2D eigenvalue weighted by molar-refractivity contribution is 6.13. The number of furan rings is 1. The van der Waals surface area contributed by atoms with Crippen LogP contribution in [0.25, 0.3) is 94.8 Å². The van der Waals surface area contributed by atoms with Crippen LogP contribution in [0.4, 0.5) is 0 Å². The summed E-state index contributed by atoms with van der Waals surface area (Å²) >= 11 is 0. The van der Waals surface area contributed by atoms with Crippen LogP contribution >= 0.6 is 0 Å². The van der Waals surface area contributed by atoms with Crippen molar-refractivity contribution < 1.29 is 4.42 Å². The van der Waals surface area contributed by atoms with E-state index in [1.807, 2.05) is 30.3 Å². The molecule has 7 aromatic carbocycles. The molecule has 1 aliphatic carbocycles. The lowest BCUT2D eigenvalue weighted by atomic mass is 9.95. The second-order valence-corrected chi connectivity index (χ2v) is 13.9. The Labute approximate surface area is 319 Å². The Morgan fingerprint density at radius 3 is 1.69 bits per heavy atom. The summed E-state index contributed by atoms with van der Waals surface area (Å²) in [7, 11) is 0. The molecule has 55 heavy (non-hydrogen) atoms. The fourth-order valence-corrected chi connectivity index (χ4v) is 7.59. The highest BCUT2D eigenvalue weighted by Gasteiger charge is 2.17. The molecule has 0 spiro atoms. The quantitative estimate of drug-likeness (QED) is 0.166. The molecule has 0 radical (unpaired) electrons. The molecule has 0 bridgehead atoms. The summed E-state index contributed by atoms with van der Waals surface area (Å²) in [6, 6.07) is 59.6. The predicted molar refractivity (Wildman–Crippen MR) is 226 cm³/mol. The monoisotopic (exact) mass is 705 g/mol. The molecule has 2 aromatic heterocycles. The molecule has 10 rings (SSSR count). The second-order valence-electron chi connectivity index (χ2n) is 13.9. The number of aromatic nitrogens is 3. The lowest BCUT2D eigenvalue weighted by molar-refractivity contribution is 0.669. The Balaban J connectivity index is 1.04. The van der Waals surface area contributed by atoms with E-state index in [2.05, 4.69) is 158 Å². The minimum atomic E-state index is 0.655. The van der Waals surface area contributed by atoms with E-state index in [0.29, 0.717) is 11.6 Å². The zero-order chi connectivity index (χ0) is 36.6. The predicted octanol–water partition coefficient (Wildman–Crippen LogP) is 13.5. The van der Waals surface area contributed by atoms with Gasteiger partial charge in [-0.25, -0.2) is 15.0 Å². The van der Waals surface area contributed by atoms with Crippen LogP contribution in [0.2, 0.25) is 0 Å². The largest absolute Gasteiger partial charge is 0.456 e. The Morgan fingerprint density at radius 1 is 0.400 bits per heavy atom. The van der Waals surface area contributed by atoms with E-state index >= 15 is 0 Å². The normalized spacial score (nSPS) is 12.6. The van der Waals surface area contributed by atoms with E-state index in [1.165, 1.54) is 22.3 Å². The molecular weight excluding hydrogens is 671 g/mol. The minimum absolute atomic E-state index is 0.655. The summed E-state index contributed by atoms with van der Waals surface area (Å²) in [6.45, 7) is 0. The molecule has 0 saturated heterocycles. The number of hydrogen-bond donors (Lipinski definition) is 0. The Hall–Kier alpha value is -7.17. The molecule has 0 atom stereocenters. The standard InChI is InChI=1S/C51H35N3O/c1-4-13-34(14-5-1)35-25-27-36(28-26-35)39-19-10-20-40(31-39)41-29-30-46-45(33-41)48-44(23-12-24-47(48)55-46)42-21-11-22-43(32-42)51-53-49(37-15-6-2-7-16-37)52-50(54-51)38-17-8-3-9-18-38/h1-8,10-17,19-33H,9,18H2. The van der Waals surface area contributed by atoms with Gasteiger partial charge in [0.1, 0.15) is 11.2 Å². The molecule has 0 N–H and O–H groups in total. The fraction of sp³-hybridized carbons (Fsp3) is 0.0392. The van der Waals surface area contributed by atoms with Crippen LogP contribution < -0.4 is 0 Å². The number of nitrogens with zero attached hydrogens (tertiary/aromatic N) is 3. The van der Waals surface area contributed by atoms with Crippen molar-refractivity contribution in [3.8, 4) is 67.3 Å². The van der Waals surface area contributed by atoms with Gasteiger partial charge < -0.3 is 4.42 Å². The summed E-state index contributed by atoms with van der Waals surface area (Å²) in [4.78, 5) is 15.0. The van der Waals surface area contributed by atoms with Gasteiger partial charge in [0.15, 0.2) is 17.5 Å². The van der Waals surface area contributed by atoms with Crippen molar-refractivity contribution >= 4 is 27.5 Å². The van der Waals surface area contributed by atoms with Gasteiger partial charge in [0.25, 0.3) is 0 Å². The Bertz CT molecular complexity index is 2900. The highest BCUT2D eigenvalue weighted by Crippen LogP contribution is 2.40. The van der Waals surface area contributed by atoms with Gasteiger partial charge in [-0.1, -0.05) is 158 Å². The van der Waals surface area contributed by atoms with E-state index < -0.39 is 0 Å². The average Bonchev–Trinajstić information content (AvgIpc) is 3.66. The molecule has 0 saturated carbocycles.